The van der Waals surface area contributed by atoms with Crippen molar-refractivity contribution in [3.05, 3.63) is 46.3 Å². The van der Waals surface area contributed by atoms with Crippen LogP contribution in [0, 0.1) is 0 Å². The second-order valence-electron chi connectivity index (χ2n) is 2.97. The van der Waals surface area contributed by atoms with Crippen molar-refractivity contribution in [2.45, 2.75) is 12.5 Å². The molecule has 2 heterocycles. The summed E-state index contributed by atoms with van der Waals surface area (Å²) in [7, 11) is 0. The summed E-state index contributed by atoms with van der Waals surface area (Å²) in [4.78, 5) is 5.43. The Morgan fingerprint density at radius 2 is 2.20 bits per heavy atom. The van der Waals surface area contributed by atoms with Crippen molar-refractivity contribution in [1.82, 2.24) is 4.98 Å². The molecule has 0 saturated heterocycles. The molecule has 15 heavy (non-hydrogen) atoms. The van der Waals surface area contributed by atoms with E-state index < -0.39 is 0 Å². The predicted molar refractivity (Wildman–Crippen MR) is 62.4 cm³/mol. The first-order valence-electron chi connectivity index (χ1n) is 4.55. The summed E-state index contributed by atoms with van der Waals surface area (Å²) in [5.74, 6) is 1.04. The number of hydrogen-bond donors (Lipinski definition) is 0. The summed E-state index contributed by atoms with van der Waals surface area (Å²) in [5, 5.41) is 2.03. The number of aromatic nitrogens is 1. The number of pyridine rings is 1. The molecule has 0 radical (unpaired) electrons. The molecule has 0 aliphatic rings. The molecule has 0 aromatic carbocycles. The van der Waals surface area contributed by atoms with Crippen LogP contribution in [0.15, 0.2) is 35.7 Å². The SMILES string of the molecule is ClCc1cccc(OCc2cccs2)n1. The van der Waals surface area contributed by atoms with Gasteiger partial charge in [-0.05, 0) is 17.5 Å². The lowest BCUT2D eigenvalue weighted by Gasteiger charge is -2.04. The minimum Gasteiger partial charge on any atom is -0.472 e. The quantitative estimate of drug-likeness (QED) is 0.763. The van der Waals surface area contributed by atoms with Crippen molar-refractivity contribution in [3.8, 4) is 5.88 Å². The summed E-state index contributed by atoms with van der Waals surface area (Å²) >= 11 is 7.36. The molecule has 4 heteroatoms. The van der Waals surface area contributed by atoms with E-state index in [4.69, 9.17) is 16.3 Å². The van der Waals surface area contributed by atoms with Crippen LogP contribution in [0.2, 0.25) is 0 Å². The van der Waals surface area contributed by atoms with E-state index in [2.05, 4.69) is 4.98 Å². The molecule has 2 rings (SSSR count). The Kier molecular flexibility index (Phi) is 3.59. The van der Waals surface area contributed by atoms with Gasteiger partial charge in [-0.1, -0.05) is 12.1 Å². The molecule has 78 valence electrons. The highest BCUT2D eigenvalue weighted by atomic mass is 35.5. The first-order chi connectivity index (χ1) is 7.38. The Labute approximate surface area is 97.5 Å². The normalized spacial score (nSPS) is 10.2. The maximum atomic E-state index is 5.68. The van der Waals surface area contributed by atoms with E-state index in [0.717, 1.165) is 5.69 Å². The summed E-state index contributed by atoms with van der Waals surface area (Å²) in [6.45, 7) is 0.566. The van der Waals surface area contributed by atoms with Crippen LogP contribution in [0.5, 0.6) is 5.88 Å². The van der Waals surface area contributed by atoms with Gasteiger partial charge in [-0.3, -0.25) is 0 Å². The highest BCUT2D eigenvalue weighted by Crippen LogP contribution is 2.14. The average Bonchev–Trinajstić information content (AvgIpc) is 2.79. The largest absolute Gasteiger partial charge is 0.472 e. The van der Waals surface area contributed by atoms with E-state index in [1.165, 1.54) is 4.88 Å². The fourth-order valence-corrected chi connectivity index (χ4v) is 1.92. The third kappa shape index (κ3) is 2.94. The molecule has 0 atom stereocenters. The monoisotopic (exact) mass is 239 g/mol. The van der Waals surface area contributed by atoms with E-state index in [1.54, 1.807) is 11.3 Å². The van der Waals surface area contributed by atoms with Crippen LogP contribution in [0.25, 0.3) is 0 Å². The summed E-state index contributed by atoms with van der Waals surface area (Å²) in [6, 6.07) is 9.66. The van der Waals surface area contributed by atoms with Gasteiger partial charge in [0, 0.05) is 10.9 Å². The van der Waals surface area contributed by atoms with Gasteiger partial charge in [0.15, 0.2) is 0 Å². The third-order valence-corrected chi connectivity index (χ3v) is 2.98. The molecule has 0 N–H and O–H groups in total. The zero-order chi connectivity index (χ0) is 10.5. The number of nitrogens with zero attached hydrogens (tertiary/aromatic N) is 1. The van der Waals surface area contributed by atoms with Crippen molar-refractivity contribution in [2.75, 3.05) is 0 Å². The van der Waals surface area contributed by atoms with E-state index in [9.17, 15) is 0 Å². The van der Waals surface area contributed by atoms with Crippen LogP contribution in [0.3, 0.4) is 0 Å². The van der Waals surface area contributed by atoms with E-state index in [-0.39, 0.29) is 0 Å². The highest BCUT2D eigenvalue weighted by molar-refractivity contribution is 7.09. The Morgan fingerprint density at radius 1 is 1.27 bits per heavy atom. The van der Waals surface area contributed by atoms with Gasteiger partial charge in [-0.25, -0.2) is 4.98 Å². The Balaban J connectivity index is 1.98. The molecule has 0 aliphatic carbocycles. The standard InChI is InChI=1S/C11H10ClNOS/c12-7-9-3-1-5-11(13-9)14-8-10-4-2-6-15-10/h1-6H,7-8H2. The molecule has 0 amide bonds. The summed E-state index contributed by atoms with van der Waals surface area (Å²) in [6.07, 6.45) is 0. The molecule has 0 saturated carbocycles. The van der Waals surface area contributed by atoms with Crippen LogP contribution in [-0.2, 0) is 12.5 Å². The van der Waals surface area contributed by atoms with Gasteiger partial charge >= 0.3 is 0 Å². The summed E-state index contributed by atoms with van der Waals surface area (Å²) < 4.78 is 5.53. The van der Waals surface area contributed by atoms with Gasteiger partial charge in [-0.2, -0.15) is 0 Å². The Morgan fingerprint density at radius 3 is 2.93 bits per heavy atom. The molecule has 0 aliphatic heterocycles. The number of thiophene rings is 1. The Hall–Kier alpha value is -1.06. The van der Waals surface area contributed by atoms with Crippen molar-refractivity contribution in [2.24, 2.45) is 0 Å². The van der Waals surface area contributed by atoms with Crippen molar-refractivity contribution in [3.63, 3.8) is 0 Å². The van der Waals surface area contributed by atoms with Crippen LogP contribution >= 0.6 is 22.9 Å². The topological polar surface area (TPSA) is 22.1 Å². The second kappa shape index (κ2) is 5.14. The second-order valence-corrected chi connectivity index (χ2v) is 4.27. The first-order valence-corrected chi connectivity index (χ1v) is 5.97. The van der Waals surface area contributed by atoms with Gasteiger partial charge < -0.3 is 4.74 Å². The molecule has 0 fully saturated rings. The van der Waals surface area contributed by atoms with Crippen LogP contribution < -0.4 is 4.74 Å². The maximum Gasteiger partial charge on any atom is 0.213 e. The smallest absolute Gasteiger partial charge is 0.213 e. The Bertz CT molecular complexity index is 416. The lowest BCUT2D eigenvalue weighted by molar-refractivity contribution is 0.296. The van der Waals surface area contributed by atoms with E-state index in [0.29, 0.717) is 18.4 Å². The van der Waals surface area contributed by atoms with Crippen molar-refractivity contribution in [1.29, 1.82) is 0 Å². The summed E-state index contributed by atoms with van der Waals surface area (Å²) in [5.41, 5.74) is 0.834. The molecular formula is C11H10ClNOS. The fraction of sp³-hybridized carbons (Fsp3) is 0.182. The molecule has 0 spiro atoms. The maximum absolute atomic E-state index is 5.68. The van der Waals surface area contributed by atoms with E-state index in [1.807, 2.05) is 35.7 Å². The van der Waals surface area contributed by atoms with Gasteiger partial charge in [0.2, 0.25) is 5.88 Å². The molecule has 0 bridgehead atoms. The minimum absolute atomic E-state index is 0.413. The fourth-order valence-electron chi connectivity index (χ4n) is 1.15. The lowest BCUT2D eigenvalue weighted by Crippen LogP contribution is -1.96. The van der Waals surface area contributed by atoms with Gasteiger partial charge in [0.1, 0.15) is 6.61 Å². The van der Waals surface area contributed by atoms with Crippen LogP contribution in [0.4, 0.5) is 0 Å². The number of ether oxygens (including phenoxy) is 1. The van der Waals surface area contributed by atoms with Gasteiger partial charge in [-0.15, -0.1) is 22.9 Å². The highest BCUT2D eigenvalue weighted by Gasteiger charge is 1.99. The van der Waals surface area contributed by atoms with Crippen molar-refractivity contribution < 1.29 is 4.74 Å². The molecule has 0 unspecified atom stereocenters. The predicted octanol–water partition coefficient (Wildman–Crippen LogP) is 3.46. The molecule has 2 aromatic heterocycles. The molecule has 2 nitrogen and oxygen atoms in total. The lowest BCUT2D eigenvalue weighted by atomic mass is 10.4. The number of hydrogen-bond acceptors (Lipinski definition) is 3. The number of alkyl halides is 1. The molecular weight excluding hydrogens is 230 g/mol. The van der Waals surface area contributed by atoms with Crippen LogP contribution in [0.1, 0.15) is 10.6 Å². The zero-order valence-corrected chi connectivity index (χ0v) is 9.59. The zero-order valence-electron chi connectivity index (χ0n) is 8.02. The van der Waals surface area contributed by atoms with E-state index >= 15 is 0 Å². The minimum atomic E-state index is 0.413. The number of rotatable bonds is 4. The third-order valence-electron chi connectivity index (χ3n) is 1.86. The average molecular weight is 240 g/mol. The van der Waals surface area contributed by atoms with Gasteiger partial charge in [0.25, 0.3) is 0 Å². The van der Waals surface area contributed by atoms with Crippen molar-refractivity contribution >= 4 is 22.9 Å². The number of halogens is 1. The molecule has 2 aromatic rings. The van der Waals surface area contributed by atoms with Crippen LogP contribution in [-0.4, -0.2) is 4.98 Å². The first kappa shape index (κ1) is 10.5. The van der Waals surface area contributed by atoms with Gasteiger partial charge in [0.05, 0.1) is 11.6 Å².